The molecule has 1 aromatic rings. The molecule has 3 rings (SSSR count). The minimum absolute atomic E-state index is 0.0837. The highest BCUT2D eigenvalue weighted by Gasteiger charge is 2.54. The number of fused-ring (bicyclic) bond motifs is 2. The van der Waals surface area contributed by atoms with Gasteiger partial charge in [-0.05, 0) is 24.3 Å². The summed E-state index contributed by atoms with van der Waals surface area (Å²) in [6.07, 6.45) is 2.44. The van der Waals surface area contributed by atoms with Crippen molar-refractivity contribution in [2.75, 3.05) is 13.2 Å². The normalized spacial score (nSPS) is 36.3. The van der Waals surface area contributed by atoms with Gasteiger partial charge >= 0.3 is 5.97 Å². The van der Waals surface area contributed by atoms with Crippen molar-refractivity contribution in [3.8, 4) is 0 Å². The van der Waals surface area contributed by atoms with E-state index in [1.807, 2.05) is 6.07 Å². The Kier molecular flexibility index (Phi) is 4.33. The quantitative estimate of drug-likeness (QED) is 0.621. The predicted molar refractivity (Wildman–Crippen MR) is 89.8 cm³/mol. The summed E-state index contributed by atoms with van der Waals surface area (Å²) in [5.74, 6) is 0.857. The Morgan fingerprint density at radius 2 is 2.00 bits per heavy atom. The molecular formula is C20H26O3. The summed E-state index contributed by atoms with van der Waals surface area (Å²) in [4.78, 5) is 11.3. The van der Waals surface area contributed by atoms with Crippen LogP contribution in [0.5, 0.6) is 0 Å². The van der Waals surface area contributed by atoms with Crippen LogP contribution in [-0.4, -0.2) is 19.2 Å². The highest BCUT2D eigenvalue weighted by Crippen LogP contribution is 2.56. The van der Waals surface area contributed by atoms with Crippen molar-refractivity contribution >= 4 is 5.97 Å². The molecule has 3 heteroatoms. The highest BCUT2D eigenvalue weighted by atomic mass is 16.5. The number of hydrogen-bond acceptors (Lipinski definition) is 3. The van der Waals surface area contributed by atoms with Crippen LogP contribution in [0.2, 0.25) is 0 Å². The fourth-order valence-corrected chi connectivity index (χ4v) is 4.44. The smallest absolute Gasteiger partial charge is 0.302 e. The summed E-state index contributed by atoms with van der Waals surface area (Å²) in [5.41, 5.74) is 2.49. The van der Waals surface area contributed by atoms with Gasteiger partial charge in [0.15, 0.2) is 0 Å². The minimum Gasteiger partial charge on any atom is -0.465 e. The molecule has 1 saturated heterocycles. The van der Waals surface area contributed by atoms with Crippen molar-refractivity contribution in [1.82, 2.24) is 0 Å². The van der Waals surface area contributed by atoms with Gasteiger partial charge in [-0.15, -0.1) is 0 Å². The van der Waals surface area contributed by atoms with Crippen LogP contribution in [0.1, 0.15) is 39.4 Å². The lowest BCUT2D eigenvalue weighted by Gasteiger charge is -2.55. The molecule has 1 aliphatic carbocycles. The second-order valence-electron chi connectivity index (χ2n) is 7.17. The zero-order valence-corrected chi connectivity index (χ0v) is 14.4. The van der Waals surface area contributed by atoms with Crippen molar-refractivity contribution in [2.24, 2.45) is 23.2 Å². The van der Waals surface area contributed by atoms with Crippen LogP contribution in [0, 0.1) is 23.2 Å². The molecule has 1 aliphatic heterocycles. The summed E-state index contributed by atoms with van der Waals surface area (Å²) < 4.78 is 11.8. The minimum atomic E-state index is -0.216. The molecule has 1 aromatic carbocycles. The van der Waals surface area contributed by atoms with Gasteiger partial charge in [0, 0.05) is 18.3 Å². The van der Waals surface area contributed by atoms with Crippen molar-refractivity contribution in [2.45, 2.75) is 33.8 Å². The van der Waals surface area contributed by atoms with Gasteiger partial charge in [0.1, 0.15) is 0 Å². The number of carbonyl (C=O) groups excluding carboxylic acids is 1. The van der Waals surface area contributed by atoms with Crippen LogP contribution < -0.4 is 0 Å². The maximum Gasteiger partial charge on any atom is 0.302 e. The molecule has 0 aromatic heterocycles. The largest absolute Gasteiger partial charge is 0.465 e. The van der Waals surface area contributed by atoms with E-state index in [0.717, 1.165) is 0 Å². The Hall–Kier alpha value is -1.61. The summed E-state index contributed by atoms with van der Waals surface area (Å²) in [6.45, 7) is 9.25. The summed E-state index contributed by atoms with van der Waals surface area (Å²) in [5, 5.41) is 0. The number of hydrogen-bond donors (Lipinski definition) is 0. The van der Waals surface area contributed by atoms with Crippen molar-refractivity contribution in [1.29, 1.82) is 0 Å². The lowest BCUT2D eigenvalue weighted by molar-refractivity contribution is -0.180. The maximum atomic E-state index is 11.3. The average Bonchev–Trinajstić information content (AvgIpc) is 2.52. The van der Waals surface area contributed by atoms with Crippen LogP contribution in [0.4, 0.5) is 0 Å². The number of rotatable bonds is 3. The Balaban J connectivity index is 1.95. The van der Waals surface area contributed by atoms with Gasteiger partial charge < -0.3 is 9.47 Å². The number of carbonyl (C=O) groups is 1. The van der Waals surface area contributed by atoms with E-state index in [9.17, 15) is 4.79 Å². The Morgan fingerprint density at radius 1 is 1.30 bits per heavy atom. The molecule has 0 unspecified atom stereocenters. The van der Waals surface area contributed by atoms with E-state index < -0.39 is 0 Å². The molecule has 0 radical (unpaired) electrons. The Labute approximate surface area is 138 Å². The molecule has 0 N–H and O–H groups in total. The van der Waals surface area contributed by atoms with Crippen molar-refractivity contribution in [3.63, 3.8) is 0 Å². The number of allylic oxidation sites excluding steroid dienone is 1. The molecule has 0 amide bonds. The summed E-state index contributed by atoms with van der Waals surface area (Å²) in [7, 11) is 0. The van der Waals surface area contributed by atoms with Crippen LogP contribution >= 0.6 is 0 Å². The molecule has 5 atom stereocenters. The zero-order chi connectivity index (χ0) is 16.6. The first-order valence-corrected chi connectivity index (χ1v) is 8.44. The molecule has 23 heavy (non-hydrogen) atoms. The van der Waals surface area contributed by atoms with Gasteiger partial charge in [-0.2, -0.15) is 0 Å². The fourth-order valence-electron chi connectivity index (χ4n) is 4.44. The first-order chi connectivity index (χ1) is 11.0. The van der Waals surface area contributed by atoms with Gasteiger partial charge in [-0.1, -0.05) is 55.8 Å². The average molecular weight is 314 g/mol. The second kappa shape index (κ2) is 6.12. The summed E-state index contributed by atoms with van der Waals surface area (Å²) >= 11 is 0. The standard InChI is InChI=1S/C20H26O3/c1-13-10-14(2)20(11-22-16(4)21)12-23-19(18(13)15(20)3)17-8-6-5-7-9-17/h5-10,14-15,18-19H,11-12H2,1-4H3/t14-,15-,18+,19+,20-/m1/s1. The Morgan fingerprint density at radius 3 is 2.65 bits per heavy atom. The molecule has 0 saturated carbocycles. The maximum absolute atomic E-state index is 11.3. The van der Waals surface area contributed by atoms with E-state index in [0.29, 0.717) is 31.0 Å². The van der Waals surface area contributed by atoms with E-state index in [4.69, 9.17) is 9.47 Å². The molecule has 124 valence electrons. The second-order valence-corrected chi connectivity index (χ2v) is 7.17. The topological polar surface area (TPSA) is 35.5 Å². The van der Waals surface area contributed by atoms with E-state index in [-0.39, 0.29) is 17.5 Å². The van der Waals surface area contributed by atoms with E-state index >= 15 is 0 Å². The molecule has 1 heterocycles. The first kappa shape index (κ1) is 16.3. The molecule has 2 bridgehead atoms. The summed E-state index contributed by atoms with van der Waals surface area (Å²) in [6, 6.07) is 10.4. The third kappa shape index (κ3) is 2.72. The monoisotopic (exact) mass is 314 g/mol. The number of benzene rings is 1. The third-order valence-electron chi connectivity index (χ3n) is 5.92. The number of ether oxygens (including phenoxy) is 2. The van der Waals surface area contributed by atoms with E-state index in [2.05, 4.69) is 51.1 Å². The molecule has 2 aliphatic rings. The van der Waals surface area contributed by atoms with Gasteiger partial charge in [-0.25, -0.2) is 0 Å². The molecular weight excluding hydrogens is 288 g/mol. The number of esters is 1. The van der Waals surface area contributed by atoms with E-state index in [1.54, 1.807) is 0 Å². The van der Waals surface area contributed by atoms with Crippen LogP contribution in [0.15, 0.2) is 42.0 Å². The van der Waals surface area contributed by atoms with Gasteiger partial charge in [0.25, 0.3) is 0 Å². The van der Waals surface area contributed by atoms with E-state index in [1.165, 1.54) is 18.1 Å². The zero-order valence-electron chi connectivity index (χ0n) is 14.4. The Bertz CT molecular complexity index is 607. The molecule has 1 fully saturated rings. The third-order valence-corrected chi connectivity index (χ3v) is 5.92. The predicted octanol–water partition coefficient (Wildman–Crippen LogP) is 4.16. The van der Waals surface area contributed by atoms with Gasteiger partial charge in [0.2, 0.25) is 0 Å². The van der Waals surface area contributed by atoms with Crippen molar-refractivity contribution in [3.05, 3.63) is 47.5 Å². The SMILES string of the molecule is CC(=O)OC[C@@]12CO[C@@H](c3ccccc3)[C@@H](C(C)=C[C@H]1C)[C@H]2C. The first-order valence-electron chi connectivity index (χ1n) is 8.44. The van der Waals surface area contributed by atoms with Gasteiger partial charge in [0.05, 0.1) is 19.3 Å². The van der Waals surface area contributed by atoms with Crippen molar-refractivity contribution < 1.29 is 14.3 Å². The molecule has 3 nitrogen and oxygen atoms in total. The highest BCUT2D eigenvalue weighted by molar-refractivity contribution is 5.66. The van der Waals surface area contributed by atoms with Crippen LogP contribution in [-0.2, 0) is 14.3 Å². The molecule has 0 spiro atoms. The van der Waals surface area contributed by atoms with Crippen LogP contribution in [0.25, 0.3) is 0 Å². The van der Waals surface area contributed by atoms with Gasteiger partial charge in [-0.3, -0.25) is 4.79 Å². The van der Waals surface area contributed by atoms with Crippen LogP contribution in [0.3, 0.4) is 0 Å². The fraction of sp³-hybridized carbons (Fsp3) is 0.550. The lowest BCUT2D eigenvalue weighted by Crippen LogP contribution is -2.54. The lowest BCUT2D eigenvalue weighted by atomic mass is 9.56.